The zero-order valence-electron chi connectivity index (χ0n) is 8.64. The smallest absolute Gasteiger partial charge is 0.0496 e. The summed E-state index contributed by atoms with van der Waals surface area (Å²) in [4.78, 5) is 4.63. The SMILES string of the molecule is CC(C)(C)C=NC1CCCCC1. The van der Waals surface area contributed by atoms with E-state index in [9.17, 15) is 0 Å². The topological polar surface area (TPSA) is 12.4 Å². The van der Waals surface area contributed by atoms with Crippen LogP contribution in [0.1, 0.15) is 52.9 Å². The molecule has 1 aliphatic rings. The largest absolute Gasteiger partial charge is 0.294 e. The second-order valence-corrected chi connectivity index (χ2v) is 4.94. The Bertz CT molecular complexity index is 147. The molecule has 0 aromatic carbocycles. The zero-order valence-corrected chi connectivity index (χ0v) is 8.64. The molecule has 0 spiro atoms. The third-order valence-corrected chi connectivity index (χ3v) is 2.25. The van der Waals surface area contributed by atoms with Crippen LogP contribution in [0.4, 0.5) is 0 Å². The maximum absolute atomic E-state index is 4.63. The molecule has 0 amide bonds. The van der Waals surface area contributed by atoms with E-state index >= 15 is 0 Å². The van der Waals surface area contributed by atoms with Crippen molar-refractivity contribution in [1.29, 1.82) is 0 Å². The Morgan fingerprint density at radius 3 is 2.17 bits per heavy atom. The maximum atomic E-state index is 4.63. The van der Waals surface area contributed by atoms with Crippen LogP contribution in [0.15, 0.2) is 4.99 Å². The summed E-state index contributed by atoms with van der Waals surface area (Å²) in [7, 11) is 0. The Morgan fingerprint density at radius 1 is 1.08 bits per heavy atom. The van der Waals surface area contributed by atoms with Gasteiger partial charge in [0.05, 0.1) is 0 Å². The first-order valence-corrected chi connectivity index (χ1v) is 5.12. The summed E-state index contributed by atoms with van der Waals surface area (Å²) >= 11 is 0. The quantitative estimate of drug-likeness (QED) is 0.530. The van der Waals surface area contributed by atoms with Crippen molar-refractivity contribution in [2.75, 3.05) is 0 Å². The Labute approximate surface area is 76.3 Å². The van der Waals surface area contributed by atoms with Gasteiger partial charge in [-0.25, -0.2) is 0 Å². The van der Waals surface area contributed by atoms with E-state index in [4.69, 9.17) is 0 Å². The standard InChI is InChI=1S/C11H21N/c1-11(2,3)9-12-10-7-5-4-6-8-10/h9-10H,4-8H2,1-3H3. The van der Waals surface area contributed by atoms with Gasteiger partial charge in [-0.3, -0.25) is 4.99 Å². The summed E-state index contributed by atoms with van der Waals surface area (Å²) in [5, 5.41) is 0. The molecule has 1 fully saturated rings. The van der Waals surface area contributed by atoms with E-state index in [0.717, 1.165) is 0 Å². The van der Waals surface area contributed by atoms with Crippen molar-refractivity contribution in [1.82, 2.24) is 0 Å². The molecule has 12 heavy (non-hydrogen) atoms. The van der Waals surface area contributed by atoms with Crippen LogP contribution >= 0.6 is 0 Å². The molecule has 1 aliphatic carbocycles. The van der Waals surface area contributed by atoms with Gasteiger partial charge in [-0.15, -0.1) is 0 Å². The highest BCUT2D eigenvalue weighted by molar-refractivity contribution is 5.64. The van der Waals surface area contributed by atoms with Gasteiger partial charge in [0, 0.05) is 12.3 Å². The van der Waals surface area contributed by atoms with Gasteiger partial charge in [0.2, 0.25) is 0 Å². The van der Waals surface area contributed by atoms with Crippen molar-refractivity contribution < 1.29 is 0 Å². The molecule has 1 nitrogen and oxygen atoms in total. The molecule has 0 unspecified atom stereocenters. The van der Waals surface area contributed by atoms with Crippen molar-refractivity contribution in [2.24, 2.45) is 10.4 Å². The van der Waals surface area contributed by atoms with E-state index in [1.165, 1.54) is 32.1 Å². The average Bonchev–Trinajstić information content (AvgIpc) is 2.02. The van der Waals surface area contributed by atoms with E-state index in [1.807, 2.05) is 0 Å². The lowest BCUT2D eigenvalue weighted by Gasteiger charge is -2.19. The molecule has 0 aliphatic heterocycles. The van der Waals surface area contributed by atoms with Crippen LogP contribution in [0.5, 0.6) is 0 Å². The first kappa shape index (κ1) is 9.76. The minimum atomic E-state index is 0.261. The number of aliphatic imine (C=N–C) groups is 1. The number of rotatable bonds is 1. The first-order chi connectivity index (χ1) is 5.58. The molecule has 0 saturated heterocycles. The molecule has 0 atom stereocenters. The average molecular weight is 167 g/mol. The second-order valence-electron chi connectivity index (χ2n) is 4.94. The first-order valence-electron chi connectivity index (χ1n) is 5.12. The van der Waals surface area contributed by atoms with Gasteiger partial charge in [-0.1, -0.05) is 40.0 Å². The Kier molecular flexibility index (Phi) is 3.30. The van der Waals surface area contributed by atoms with Crippen molar-refractivity contribution in [3.63, 3.8) is 0 Å². The maximum Gasteiger partial charge on any atom is 0.0496 e. The van der Waals surface area contributed by atoms with E-state index < -0.39 is 0 Å². The van der Waals surface area contributed by atoms with E-state index in [1.54, 1.807) is 0 Å². The lowest BCUT2D eigenvalue weighted by atomic mass is 9.94. The second kappa shape index (κ2) is 4.06. The van der Waals surface area contributed by atoms with E-state index in [2.05, 4.69) is 32.0 Å². The number of hydrogen-bond acceptors (Lipinski definition) is 1. The lowest BCUT2D eigenvalue weighted by Crippen LogP contribution is -2.13. The molecule has 1 heteroatoms. The Hall–Kier alpha value is -0.330. The van der Waals surface area contributed by atoms with Gasteiger partial charge < -0.3 is 0 Å². The number of nitrogens with zero attached hydrogens (tertiary/aromatic N) is 1. The summed E-state index contributed by atoms with van der Waals surface area (Å²) in [5.74, 6) is 0. The van der Waals surface area contributed by atoms with Gasteiger partial charge in [-0.05, 0) is 18.3 Å². The highest BCUT2D eigenvalue weighted by Crippen LogP contribution is 2.21. The predicted molar refractivity (Wildman–Crippen MR) is 54.8 cm³/mol. The summed E-state index contributed by atoms with van der Waals surface area (Å²) in [5.41, 5.74) is 0.261. The third kappa shape index (κ3) is 3.89. The molecule has 0 aromatic heterocycles. The highest BCUT2D eigenvalue weighted by atomic mass is 14.8. The van der Waals surface area contributed by atoms with E-state index in [-0.39, 0.29) is 5.41 Å². The fourth-order valence-corrected chi connectivity index (χ4v) is 1.56. The highest BCUT2D eigenvalue weighted by Gasteiger charge is 2.12. The van der Waals surface area contributed by atoms with Gasteiger partial charge in [0.1, 0.15) is 0 Å². The fraction of sp³-hybridized carbons (Fsp3) is 0.909. The monoisotopic (exact) mass is 167 g/mol. The predicted octanol–water partition coefficient (Wildman–Crippen LogP) is 3.44. The molecular weight excluding hydrogens is 146 g/mol. The third-order valence-electron chi connectivity index (χ3n) is 2.25. The zero-order chi connectivity index (χ0) is 9.03. The van der Waals surface area contributed by atoms with Crippen molar-refractivity contribution >= 4 is 6.21 Å². The van der Waals surface area contributed by atoms with Gasteiger partial charge in [0.25, 0.3) is 0 Å². The van der Waals surface area contributed by atoms with Gasteiger partial charge in [0.15, 0.2) is 0 Å². The molecule has 1 rings (SSSR count). The summed E-state index contributed by atoms with van der Waals surface area (Å²) in [6.45, 7) is 6.62. The Morgan fingerprint density at radius 2 is 1.67 bits per heavy atom. The van der Waals surface area contributed by atoms with Crippen LogP contribution in [0.25, 0.3) is 0 Å². The molecular formula is C11H21N. The molecule has 0 N–H and O–H groups in total. The van der Waals surface area contributed by atoms with Crippen molar-refractivity contribution in [2.45, 2.75) is 58.9 Å². The minimum Gasteiger partial charge on any atom is -0.294 e. The summed E-state index contributed by atoms with van der Waals surface area (Å²) in [6, 6.07) is 0.637. The summed E-state index contributed by atoms with van der Waals surface area (Å²) in [6.07, 6.45) is 8.93. The summed E-state index contributed by atoms with van der Waals surface area (Å²) < 4.78 is 0. The van der Waals surface area contributed by atoms with Crippen molar-refractivity contribution in [3.05, 3.63) is 0 Å². The molecule has 0 radical (unpaired) electrons. The molecule has 70 valence electrons. The van der Waals surface area contributed by atoms with Gasteiger partial charge >= 0.3 is 0 Å². The molecule has 0 aromatic rings. The van der Waals surface area contributed by atoms with Crippen LogP contribution in [-0.2, 0) is 0 Å². The molecule has 0 heterocycles. The Balaban J connectivity index is 2.33. The van der Waals surface area contributed by atoms with Crippen LogP contribution in [0.3, 0.4) is 0 Å². The molecule has 1 saturated carbocycles. The van der Waals surface area contributed by atoms with E-state index in [0.29, 0.717) is 6.04 Å². The van der Waals surface area contributed by atoms with Crippen LogP contribution < -0.4 is 0 Å². The minimum absolute atomic E-state index is 0.261. The normalized spacial score (nSPS) is 21.9. The lowest BCUT2D eigenvalue weighted by molar-refractivity contribution is 0.440. The van der Waals surface area contributed by atoms with Crippen LogP contribution in [-0.4, -0.2) is 12.3 Å². The van der Waals surface area contributed by atoms with Gasteiger partial charge in [-0.2, -0.15) is 0 Å². The number of hydrogen-bond donors (Lipinski definition) is 0. The van der Waals surface area contributed by atoms with Crippen LogP contribution in [0, 0.1) is 5.41 Å². The fourth-order valence-electron chi connectivity index (χ4n) is 1.56. The van der Waals surface area contributed by atoms with Crippen LogP contribution in [0.2, 0.25) is 0 Å². The molecule has 0 bridgehead atoms. The van der Waals surface area contributed by atoms with Crippen molar-refractivity contribution in [3.8, 4) is 0 Å².